The minimum absolute atomic E-state index is 0.0334. The number of methoxy groups -OCH3 is 2. The quantitative estimate of drug-likeness (QED) is 0.522. The fraction of sp³-hybridized carbons (Fsp3) is 0.560. The predicted molar refractivity (Wildman–Crippen MR) is 134 cm³/mol. The number of carbonyl (C=O) groups excluding carboxylic acids is 3. The first-order chi connectivity index (χ1) is 17.3. The van der Waals surface area contributed by atoms with Crippen LogP contribution < -0.4 is 20.1 Å². The van der Waals surface area contributed by atoms with Gasteiger partial charge >= 0.3 is 18.0 Å². The van der Waals surface area contributed by atoms with Crippen molar-refractivity contribution in [3.63, 3.8) is 0 Å². The summed E-state index contributed by atoms with van der Waals surface area (Å²) < 4.78 is 16.5. The zero-order valence-electron chi connectivity index (χ0n) is 21.9. The Labute approximate surface area is 212 Å². The van der Waals surface area contributed by atoms with E-state index < -0.39 is 12.0 Å². The molecule has 2 atom stereocenters. The third-order valence-electron chi connectivity index (χ3n) is 6.49. The van der Waals surface area contributed by atoms with Crippen molar-refractivity contribution in [1.29, 1.82) is 0 Å². The summed E-state index contributed by atoms with van der Waals surface area (Å²) in [6.07, 6.45) is 0. The van der Waals surface area contributed by atoms with Crippen molar-refractivity contribution in [2.45, 2.75) is 32.9 Å². The summed E-state index contributed by atoms with van der Waals surface area (Å²) in [6.45, 7) is 8.46. The maximum Gasteiger partial charge on any atom is 0.338 e. The molecule has 36 heavy (non-hydrogen) atoms. The van der Waals surface area contributed by atoms with Crippen LogP contribution >= 0.6 is 0 Å². The van der Waals surface area contributed by atoms with Gasteiger partial charge in [-0.3, -0.25) is 9.80 Å². The van der Waals surface area contributed by atoms with Crippen molar-refractivity contribution < 1.29 is 28.6 Å². The number of esters is 1. The van der Waals surface area contributed by atoms with Crippen molar-refractivity contribution in [3.05, 3.63) is 35.0 Å². The van der Waals surface area contributed by atoms with Crippen LogP contribution in [0.15, 0.2) is 29.5 Å². The average molecular weight is 504 g/mol. The van der Waals surface area contributed by atoms with Gasteiger partial charge in [-0.25, -0.2) is 14.4 Å². The lowest BCUT2D eigenvalue weighted by atomic mass is 9.93. The topological polar surface area (TPSA) is 113 Å². The lowest BCUT2D eigenvalue weighted by molar-refractivity contribution is -0.139. The molecule has 3 rings (SSSR count). The molecule has 2 heterocycles. The Bertz CT molecular complexity index is 1010. The fourth-order valence-electron chi connectivity index (χ4n) is 4.71. The molecule has 0 unspecified atom stereocenters. The van der Waals surface area contributed by atoms with Gasteiger partial charge in [0.25, 0.3) is 0 Å². The molecule has 0 saturated carbocycles. The van der Waals surface area contributed by atoms with Crippen LogP contribution in [0.25, 0.3) is 0 Å². The van der Waals surface area contributed by atoms with Crippen molar-refractivity contribution in [2.24, 2.45) is 0 Å². The predicted octanol–water partition coefficient (Wildman–Crippen LogP) is 1.95. The van der Waals surface area contributed by atoms with E-state index >= 15 is 0 Å². The second-order valence-corrected chi connectivity index (χ2v) is 8.72. The first kappa shape index (κ1) is 27.1. The standard InChI is InChI=1S/C25H37N5O6/c1-7-26-24(32)30-13-12-29(14-16(30)3)15-18-20(23(31)36-8-2)21(27-25(33)28(18)4)17-10-9-11-19(34-5)22(17)35-6/h9-11,16,21H,7-8,12-15H2,1-6H3,(H,26,32)(H,27,33)/t16-,21-/m0/s1. The van der Waals surface area contributed by atoms with Gasteiger partial charge in [0.15, 0.2) is 11.5 Å². The van der Waals surface area contributed by atoms with Crippen LogP contribution in [0.2, 0.25) is 0 Å². The van der Waals surface area contributed by atoms with Gasteiger partial charge in [-0.05, 0) is 26.8 Å². The van der Waals surface area contributed by atoms with Crippen molar-refractivity contribution in [3.8, 4) is 11.5 Å². The molecule has 1 fully saturated rings. The van der Waals surface area contributed by atoms with E-state index in [0.717, 1.165) is 0 Å². The molecule has 0 radical (unpaired) electrons. The normalized spacial score (nSPS) is 20.7. The molecule has 11 nitrogen and oxygen atoms in total. The summed E-state index contributed by atoms with van der Waals surface area (Å²) in [5, 5.41) is 5.77. The summed E-state index contributed by atoms with van der Waals surface area (Å²) in [4.78, 5) is 44.1. The zero-order valence-corrected chi connectivity index (χ0v) is 21.9. The second-order valence-electron chi connectivity index (χ2n) is 8.72. The van der Waals surface area contributed by atoms with Gasteiger partial charge in [-0.2, -0.15) is 0 Å². The highest BCUT2D eigenvalue weighted by molar-refractivity contribution is 5.95. The van der Waals surface area contributed by atoms with Crippen LogP contribution in [0.5, 0.6) is 11.5 Å². The van der Waals surface area contributed by atoms with Crippen LogP contribution in [-0.4, -0.2) is 99.4 Å². The van der Waals surface area contributed by atoms with E-state index in [-0.39, 0.29) is 24.7 Å². The lowest BCUT2D eigenvalue weighted by Crippen LogP contribution is -2.57. The summed E-state index contributed by atoms with van der Waals surface area (Å²) in [6, 6.07) is 4.07. The van der Waals surface area contributed by atoms with E-state index in [0.29, 0.717) is 61.1 Å². The van der Waals surface area contributed by atoms with E-state index in [4.69, 9.17) is 14.2 Å². The number of benzene rings is 1. The van der Waals surface area contributed by atoms with Crippen LogP contribution in [0.3, 0.4) is 0 Å². The number of piperazine rings is 1. The number of likely N-dealkylation sites (N-methyl/N-ethyl adjacent to an activating group) is 1. The van der Waals surface area contributed by atoms with E-state index in [1.165, 1.54) is 19.1 Å². The number of rotatable bonds is 8. The van der Waals surface area contributed by atoms with Crippen molar-refractivity contribution in [1.82, 2.24) is 25.3 Å². The highest BCUT2D eigenvalue weighted by atomic mass is 16.5. The molecule has 2 aliphatic rings. The smallest absolute Gasteiger partial charge is 0.338 e. The highest BCUT2D eigenvalue weighted by Gasteiger charge is 2.39. The third-order valence-corrected chi connectivity index (χ3v) is 6.49. The zero-order chi connectivity index (χ0) is 26.4. The maximum absolute atomic E-state index is 13.3. The average Bonchev–Trinajstić information content (AvgIpc) is 2.86. The van der Waals surface area contributed by atoms with Crippen LogP contribution in [0.4, 0.5) is 9.59 Å². The largest absolute Gasteiger partial charge is 0.493 e. The Balaban J connectivity index is 2.01. The molecular formula is C25H37N5O6. The molecular weight excluding hydrogens is 466 g/mol. The van der Waals surface area contributed by atoms with Gasteiger partial charge in [-0.1, -0.05) is 12.1 Å². The van der Waals surface area contributed by atoms with Crippen molar-refractivity contribution in [2.75, 3.05) is 60.6 Å². The number of para-hydroxylation sites is 1. The van der Waals surface area contributed by atoms with Gasteiger partial charge in [-0.15, -0.1) is 0 Å². The number of amides is 4. The minimum atomic E-state index is -0.790. The molecule has 1 aromatic carbocycles. The molecule has 1 saturated heterocycles. The van der Waals surface area contributed by atoms with Crippen LogP contribution in [-0.2, 0) is 9.53 Å². The molecule has 1 aromatic rings. The summed E-state index contributed by atoms with van der Waals surface area (Å²) >= 11 is 0. The number of nitrogens with one attached hydrogen (secondary N) is 2. The maximum atomic E-state index is 13.3. The number of hydrogen-bond donors (Lipinski definition) is 2. The Hall–Kier alpha value is -3.47. The van der Waals surface area contributed by atoms with Crippen LogP contribution in [0.1, 0.15) is 32.4 Å². The van der Waals surface area contributed by atoms with Gasteiger partial charge < -0.3 is 29.7 Å². The Morgan fingerprint density at radius 2 is 1.92 bits per heavy atom. The monoisotopic (exact) mass is 503 g/mol. The molecule has 2 aliphatic heterocycles. The minimum Gasteiger partial charge on any atom is -0.493 e. The van der Waals surface area contributed by atoms with Crippen LogP contribution in [0, 0.1) is 0 Å². The number of hydrogen-bond acceptors (Lipinski definition) is 7. The SMILES string of the molecule is CCNC(=O)N1CCN(CC2=C(C(=O)OCC)[C@H](c3cccc(OC)c3OC)NC(=O)N2C)C[C@@H]1C. The third kappa shape index (κ3) is 5.51. The molecule has 2 N–H and O–H groups in total. The first-order valence-corrected chi connectivity index (χ1v) is 12.2. The first-order valence-electron chi connectivity index (χ1n) is 12.2. The molecule has 0 spiro atoms. The van der Waals surface area contributed by atoms with E-state index in [1.54, 1.807) is 32.2 Å². The number of ether oxygens (including phenoxy) is 3. The van der Waals surface area contributed by atoms with E-state index in [9.17, 15) is 14.4 Å². The lowest BCUT2D eigenvalue weighted by Gasteiger charge is -2.42. The highest BCUT2D eigenvalue weighted by Crippen LogP contribution is 2.40. The summed E-state index contributed by atoms with van der Waals surface area (Å²) in [5.74, 6) is 0.409. The Morgan fingerprint density at radius 3 is 2.53 bits per heavy atom. The van der Waals surface area contributed by atoms with E-state index in [2.05, 4.69) is 15.5 Å². The molecule has 4 amide bonds. The Morgan fingerprint density at radius 1 is 1.17 bits per heavy atom. The van der Waals surface area contributed by atoms with E-state index in [1.807, 2.05) is 18.7 Å². The molecule has 0 bridgehead atoms. The number of carbonyl (C=O) groups is 3. The van der Waals surface area contributed by atoms with Crippen molar-refractivity contribution >= 4 is 18.0 Å². The van der Waals surface area contributed by atoms with Gasteiger partial charge in [0.2, 0.25) is 0 Å². The molecule has 198 valence electrons. The number of urea groups is 2. The molecule has 0 aromatic heterocycles. The second kappa shape index (κ2) is 12.0. The Kier molecular flexibility index (Phi) is 9.03. The van der Waals surface area contributed by atoms with Gasteiger partial charge in [0.05, 0.1) is 32.4 Å². The number of nitrogens with zero attached hydrogens (tertiary/aromatic N) is 3. The van der Waals surface area contributed by atoms with Gasteiger partial charge in [0.1, 0.15) is 0 Å². The molecule has 11 heteroatoms. The fourth-order valence-corrected chi connectivity index (χ4v) is 4.71. The summed E-state index contributed by atoms with van der Waals surface area (Å²) in [7, 11) is 4.68. The summed E-state index contributed by atoms with van der Waals surface area (Å²) in [5.41, 5.74) is 1.48. The van der Waals surface area contributed by atoms with Gasteiger partial charge in [0, 0.05) is 57.1 Å². The molecule has 0 aliphatic carbocycles.